The number of carbonyl (C=O) groups is 1. The first-order valence-electron chi connectivity index (χ1n) is 6.85. The van der Waals surface area contributed by atoms with Gasteiger partial charge in [0.25, 0.3) is 0 Å². The highest BCUT2D eigenvalue weighted by molar-refractivity contribution is 14.1. The highest BCUT2D eigenvalue weighted by Gasteiger charge is 2.17. The van der Waals surface area contributed by atoms with Gasteiger partial charge in [-0.3, -0.25) is 0 Å². The van der Waals surface area contributed by atoms with Crippen LogP contribution in [0.25, 0.3) is 11.1 Å². The van der Waals surface area contributed by atoms with Gasteiger partial charge in [-0.05, 0) is 64.4 Å². The van der Waals surface area contributed by atoms with E-state index in [1.54, 1.807) is 0 Å². The zero-order valence-corrected chi connectivity index (χ0v) is 13.9. The number of ether oxygens (including phenoxy) is 1. The molecule has 2 aromatic rings. The van der Waals surface area contributed by atoms with Gasteiger partial charge in [0.1, 0.15) is 5.75 Å². The average Bonchev–Trinajstić information content (AvgIpc) is 2.48. The van der Waals surface area contributed by atoms with Crippen molar-refractivity contribution in [1.82, 2.24) is 0 Å². The van der Waals surface area contributed by atoms with Crippen molar-refractivity contribution in [2.45, 2.75) is 25.9 Å². The first kappa shape index (κ1) is 15.8. The number of carboxylic acid groups (broad SMARTS) is 1. The monoisotopic (exact) mass is 396 g/mol. The summed E-state index contributed by atoms with van der Waals surface area (Å²) in [6, 6.07) is 15.8. The van der Waals surface area contributed by atoms with E-state index in [0.29, 0.717) is 12.2 Å². The van der Waals surface area contributed by atoms with Crippen molar-refractivity contribution in [2.75, 3.05) is 0 Å². The molecule has 0 saturated carbocycles. The third-order valence-electron chi connectivity index (χ3n) is 3.14. The van der Waals surface area contributed by atoms with Crippen molar-refractivity contribution in [2.24, 2.45) is 0 Å². The van der Waals surface area contributed by atoms with Crippen molar-refractivity contribution >= 4 is 28.6 Å². The summed E-state index contributed by atoms with van der Waals surface area (Å²) in [6.07, 6.45) is 0.505. The normalized spacial score (nSPS) is 11.9. The molecule has 1 atom stereocenters. The van der Waals surface area contributed by atoms with Crippen LogP contribution in [0.4, 0.5) is 0 Å². The van der Waals surface area contributed by atoms with Gasteiger partial charge in [0.15, 0.2) is 6.10 Å². The molecule has 0 heterocycles. The number of aliphatic carboxylic acids is 1. The maximum atomic E-state index is 11.1. The van der Waals surface area contributed by atoms with E-state index in [1.807, 2.05) is 31.2 Å². The van der Waals surface area contributed by atoms with Crippen LogP contribution >= 0.6 is 22.6 Å². The van der Waals surface area contributed by atoms with Gasteiger partial charge in [-0.2, -0.15) is 0 Å². The third-order valence-corrected chi connectivity index (χ3v) is 3.86. The lowest BCUT2D eigenvalue weighted by Gasteiger charge is -2.14. The van der Waals surface area contributed by atoms with Crippen molar-refractivity contribution < 1.29 is 14.6 Å². The lowest BCUT2D eigenvalue weighted by atomic mass is 10.1. The van der Waals surface area contributed by atoms with Gasteiger partial charge in [-0.15, -0.1) is 0 Å². The molecule has 0 aliphatic rings. The molecular weight excluding hydrogens is 379 g/mol. The Morgan fingerprint density at radius 3 is 2.10 bits per heavy atom. The van der Waals surface area contributed by atoms with Gasteiger partial charge in [-0.25, -0.2) is 4.79 Å². The molecule has 0 aliphatic carbocycles. The summed E-state index contributed by atoms with van der Waals surface area (Å²) in [4.78, 5) is 11.1. The van der Waals surface area contributed by atoms with Crippen molar-refractivity contribution in [3.8, 4) is 16.9 Å². The van der Waals surface area contributed by atoms with Crippen LogP contribution in [-0.4, -0.2) is 17.2 Å². The van der Waals surface area contributed by atoms with E-state index in [4.69, 9.17) is 9.84 Å². The Morgan fingerprint density at radius 1 is 1.10 bits per heavy atom. The lowest BCUT2D eigenvalue weighted by molar-refractivity contribution is -0.145. The third kappa shape index (κ3) is 4.46. The smallest absolute Gasteiger partial charge is 0.344 e. The average molecular weight is 396 g/mol. The Bertz CT molecular complexity index is 590. The van der Waals surface area contributed by atoms with Crippen molar-refractivity contribution in [1.29, 1.82) is 0 Å². The van der Waals surface area contributed by atoms with Gasteiger partial charge in [-0.1, -0.05) is 37.6 Å². The number of benzene rings is 2. The fourth-order valence-corrected chi connectivity index (χ4v) is 2.39. The summed E-state index contributed by atoms with van der Waals surface area (Å²) in [5.41, 5.74) is 2.21. The minimum absolute atomic E-state index is 0.508. The molecule has 0 spiro atoms. The number of hydrogen-bond donors (Lipinski definition) is 1. The summed E-state index contributed by atoms with van der Waals surface area (Å²) in [5.74, 6) is -0.330. The predicted molar refractivity (Wildman–Crippen MR) is 91.6 cm³/mol. The second-order valence-corrected chi connectivity index (χ2v) is 6.01. The first-order valence-corrected chi connectivity index (χ1v) is 7.93. The van der Waals surface area contributed by atoms with E-state index in [0.717, 1.165) is 17.5 Å². The lowest BCUT2D eigenvalue weighted by Crippen LogP contribution is -2.26. The minimum atomic E-state index is -0.918. The molecule has 4 heteroatoms. The number of halogens is 1. The molecule has 0 fully saturated rings. The van der Waals surface area contributed by atoms with Crippen LogP contribution in [0.2, 0.25) is 0 Å². The minimum Gasteiger partial charge on any atom is -0.479 e. The van der Waals surface area contributed by atoms with E-state index in [2.05, 4.69) is 46.9 Å². The second-order valence-electron chi connectivity index (χ2n) is 4.76. The Balaban J connectivity index is 2.11. The number of carboxylic acids is 1. The van der Waals surface area contributed by atoms with E-state index >= 15 is 0 Å². The Labute approximate surface area is 138 Å². The number of hydrogen-bond acceptors (Lipinski definition) is 2. The van der Waals surface area contributed by atoms with Crippen LogP contribution in [0.5, 0.6) is 5.75 Å². The summed E-state index contributed by atoms with van der Waals surface area (Å²) in [6.45, 7) is 1.94. The quantitative estimate of drug-likeness (QED) is 0.727. The van der Waals surface area contributed by atoms with Crippen LogP contribution in [0.3, 0.4) is 0 Å². The Kier molecular flexibility index (Phi) is 5.61. The summed E-state index contributed by atoms with van der Waals surface area (Å²) >= 11 is 2.27. The van der Waals surface area contributed by atoms with Crippen LogP contribution in [0, 0.1) is 3.57 Å². The van der Waals surface area contributed by atoms with Gasteiger partial charge in [0.05, 0.1) is 0 Å². The first-order chi connectivity index (χ1) is 10.1. The fraction of sp³-hybridized carbons (Fsp3) is 0.235. The predicted octanol–water partition coefficient (Wildman–Crippen LogP) is 4.59. The molecular formula is C17H17IO3. The second kappa shape index (κ2) is 7.45. The molecule has 0 aromatic heterocycles. The molecule has 3 nitrogen and oxygen atoms in total. The van der Waals surface area contributed by atoms with E-state index in [-0.39, 0.29) is 0 Å². The molecule has 0 amide bonds. The van der Waals surface area contributed by atoms with Crippen LogP contribution in [-0.2, 0) is 4.79 Å². The highest BCUT2D eigenvalue weighted by atomic mass is 127. The number of rotatable bonds is 6. The highest BCUT2D eigenvalue weighted by Crippen LogP contribution is 2.24. The van der Waals surface area contributed by atoms with E-state index < -0.39 is 12.1 Å². The molecule has 21 heavy (non-hydrogen) atoms. The Morgan fingerprint density at radius 2 is 1.62 bits per heavy atom. The molecule has 0 radical (unpaired) electrons. The molecule has 0 saturated heterocycles. The fourth-order valence-electron chi connectivity index (χ4n) is 2.03. The molecule has 1 unspecified atom stereocenters. The largest absolute Gasteiger partial charge is 0.479 e. The van der Waals surface area contributed by atoms with Crippen LogP contribution in [0.15, 0.2) is 48.5 Å². The van der Waals surface area contributed by atoms with Gasteiger partial charge >= 0.3 is 5.97 Å². The molecule has 2 rings (SSSR count). The van der Waals surface area contributed by atoms with Gasteiger partial charge < -0.3 is 9.84 Å². The molecule has 110 valence electrons. The van der Waals surface area contributed by atoms with Crippen LogP contribution in [0.1, 0.15) is 19.8 Å². The van der Waals surface area contributed by atoms with Crippen molar-refractivity contribution in [3.05, 3.63) is 52.1 Å². The summed E-state index contributed by atoms with van der Waals surface area (Å²) in [5, 5.41) is 9.10. The summed E-state index contributed by atoms with van der Waals surface area (Å²) in [7, 11) is 0. The van der Waals surface area contributed by atoms with E-state index in [1.165, 1.54) is 3.57 Å². The zero-order valence-electron chi connectivity index (χ0n) is 11.8. The van der Waals surface area contributed by atoms with Gasteiger partial charge in [0.2, 0.25) is 0 Å². The van der Waals surface area contributed by atoms with Crippen molar-refractivity contribution in [3.63, 3.8) is 0 Å². The van der Waals surface area contributed by atoms with E-state index in [9.17, 15) is 4.79 Å². The molecule has 1 N–H and O–H groups in total. The molecule has 2 aromatic carbocycles. The maximum absolute atomic E-state index is 11.1. The Hall–Kier alpha value is -1.56. The SMILES string of the molecule is CCCC(Oc1ccc(-c2ccc(I)cc2)cc1)C(=O)O. The van der Waals surface area contributed by atoms with Crippen LogP contribution < -0.4 is 4.74 Å². The maximum Gasteiger partial charge on any atom is 0.344 e. The topological polar surface area (TPSA) is 46.5 Å². The molecule has 0 aliphatic heterocycles. The standard InChI is InChI=1S/C17H17IO3/c1-2-3-16(17(19)20)21-15-10-6-13(7-11-15)12-4-8-14(18)9-5-12/h4-11,16H,2-3H2,1H3,(H,19,20). The molecule has 0 bridgehead atoms. The summed E-state index contributed by atoms with van der Waals surface area (Å²) < 4.78 is 6.72. The zero-order chi connectivity index (χ0) is 15.2. The van der Waals surface area contributed by atoms with Gasteiger partial charge in [0, 0.05) is 3.57 Å².